The number of carbonyl (C=O) groups excluding carboxylic acids is 2. The van der Waals surface area contributed by atoms with Crippen molar-refractivity contribution in [1.29, 1.82) is 0 Å². The lowest BCUT2D eigenvalue weighted by Crippen LogP contribution is -2.60. The second-order valence-corrected chi connectivity index (χ2v) is 14.9. The van der Waals surface area contributed by atoms with Crippen LogP contribution in [0.25, 0.3) is 0 Å². The summed E-state index contributed by atoms with van der Waals surface area (Å²) in [7, 11) is 2.15. The van der Waals surface area contributed by atoms with Gasteiger partial charge in [0.15, 0.2) is 0 Å². The van der Waals surface area contributed by atoms with E-state index in [9.17, 15) is 14.7 Å². The van der Waals surface area contributed by atoms with Crippen LogP contribution in [-0.2, 0) is 19.0 Å². The molecule has 1 aliphatic heterocycles. The van der Waals surface area contributed by atoms with Crippen molar-refractivity contribution in [3.63, 3.8) is 0 Å². The zero-order chi connectivity index (χ0) is 27.5. The van der Waals surface area contributed by atoms with Gasteiger partial charge in [0.25, 0.3) is 0 Å². The SMILES string of the molecule is CN1C(C)(C)CC(OCC(O)COC(=O)C2CCC(OC(=O)c3cc(I)cc(I)c3I)CC2)CC1(C)C. The third kappa shape index (κ3) is 8.61. The van der Waals surface area contributed by atoms with E-state index >= 15 is 0 Å². The Hall–Kier alpha value is 0.230. The summed E-state index contributed by atoms with van der Waals surface area (Å²) in [4.78, 5) is 27.7. The number of hydrogen-bond acceptors (Lipinski definition) is 7. The molecule has 7 nitrogen and oxygen atoms in total. The average Bonchev–Trinajstić information content (AvgIpc) is 2.82. The summed E-state index contributed by atoms with van der Waals surface area (Å²) in [5, 5.41) is 10.4. The highest BCUT2D eigenvalue weighted by Crippen LogP contribution is 2.38. The highest BCUT2D eigenvalue weighted by atomic mass is 127. The van der Waals surface area contributed by atoms with Gasteiger partial charge in [0.1, 0.15) is 18.8 Å². The summed E-state index contributed by atoms with van der Waals surface area (Å²) in [6.45, 7) is 8.91. The Kier molecular flexibility index (Phi) is 11.4. The number of nitrogens with zero attached hydrogens (tertiary/aromatic N) is 1. The molecule has 3 rings (SSSR count). The molecular formula is C27H38I3NO6. The first kappa shape index (κ1) is 31.8. The Labute approximate surface area is 261 Å². The summed E-state index contributed by atoms with van der Waals surface area (Å²) in [6, 6.07) is 3.87. The smallest absolute Gasteiger partial charge is 0.339 e. The standard InChI is InChI=1S/C27H38I3NO6/c1-26(2)12-20(13-27(3,4)31(26)5)35-14-18(32)15-36-24(33)16-6-8-19(9-7-16)37-25(34)21-10-17(28)11-22(29)23(21)30/h10-11,16,18-20,32H,6-9,12-15H2,1-5H3. The second kappa shape index (κ2) is 13.3. The van der Waals surface area contributed by atoms with Gasteiger partial charge in [0.05, 0.1) is 24.2 Å². The number of halogens is 3. The molecular weight excluding hydrogens is 815 g/mol. The number of aliphatic hydroxyl groups excluding tert-OH is 1. The fourth-order valence-corrected chi connectivity index (χ4v) is 7.70. The van der Waals surface area contributed by atoms with Crippen LogP contribution in [0.1, 0.15) is 76.6 Å². The van der Waals surface area contributed by atoms with Gasteiger partial charge in [-0.05, 0) is 153 Å². The summed E-state index contributed by atoms with van der Waals surface area (Å²) in [6.07, 6.45) is 3.21. The van der Waals surface area contributed by atoms with Gasteiger partial charge in [-0.3, -0.25) is 9.69 Å². The Balaban J connectivity index is 1.38. The summed E-state index contributed by atoms with van der Waals surface area (Å²) >= 11 is 6.60. The maximum atomic E-state index is 12.7. The van der Waals surface area contributed by atoms with Gasteiger partial charge >= 0.3 is 11.9 Å². The highest BCUT2D eigenvalue weighted by molar-refractivity contribution is 14.1. The molecule has 1 aliphatic carbocycles. The number of hydrogen-bond donors (Lipinski definition) is 1. The number of rotatable bonds is 8. The maximum absolute atomic E-state index is 12.7. The van der Waals surface area contributed by atoms with Crippen LogP contribution >= 0.6 is 67.8 Å². The van der Waals surface area contributed by atoms with Crippen molar-refractivity contribution < 1.29 is 28.9 Å². The Morgan fingerprint density at radius 3 is 2.19 bits per heavy atom. The van der Waals surface area contributed by atoms with E-state index in [0.29, 0.717) is 31.2 Å². The van der Waals surface area contributed by atoms with Gasteiger partial charge in [-0.1, -0.05) is 0 Å². The third-order valence-electron chi connectivity index (χ3n) is 7.71. The number of benzene rings is 1. The van der Waals surface area contributed by atoms with Crippen molar-refractivity contribution in [3.8, 4) is 0 Å². The molecule has 0 radical (unpaired) electrons. The van der Waals surface area contributed by atoms with Gasteiger partial charge < -0.3 is 19.3 Å². The van der Waals surface area contributed by atoms with Crippen molar-refractivity contribution in [2.75, 3.05) is 20.3 Å². The third-order valence-corrected chi connectivity index (χ3v) is 11.4. The molecule has 0 amide bonds. The lowest BCUT2D eigenvalue weighted by atomic mass is 9.79. The largest absolute Gasteiger partial charge is 0.463 e. The van der Waals surface area contributed by atoms with Crippen molar-refractivity contribution in [2.45, 2.75) is 95.6 Å². The van der Waals surface area contributed by atoms with Crippen molar-refractivity contribution in [3.05, 3.63) is 28.4 Å². The van der Waals surface area contributed by atoms with Gasteiger partial charge in [-0.2, -0.15) is 0 Å². The molecule has 1 N–H and O–H groups in total. The van der Waals surface area contributed by atoms with Crippen LogP contribution in [0.3, 0.4) is 0 Å². The molecule has 1 unspecified atom stereocenters. The molecule has 37 heavy (non-hydrogen) atoms. The van der Waals surface area contributed by atoms with Gasteiger partial charge in [-0.15, -0.1) is 0 Å². The molecule has 1 heterocycles. The van der Waals surface area contributed by atoms with E-state index in [0.717, 1.165) is 23.6 Å². The molecule has 0 bridgehead atoms. The zero-order valence-corrected chi connectivity index (χ0v) is 28.7. The van der Waals surface area contributed by atoms with Crippen molar-refractivity contribution >= 4 is 79.7 Å². The van der Waals surface area contributed by atoms with Crippen LogP contribution in [0.4, 0.5) is 0 Å². The normalized spacial score (nSPS) is 24.9. The van der Waals surface area contributed by atoms with Crippen LogP contribution in [0.15, 0.2) is 12.1 Å². The summed E-state index contributed by atoms with van der Waals surface area (Å²) < 4.78 is 20.1. The number of ether oxygens (including phenoxy) is 3. The van der Waals surface area contributed by atoms with E-state index in [1.54, 1.807) is 0 Å². The fourth-order valence-electron chi connectivity index (χ4n) is 5.32. The molecule has 0 aromatic heterocycles. The first-order chi connectivity index (χ1) is 17.2. The number of likely N-dealkylation sites (tertiary alicyclic amines) is 1. The number of piperidine rings is 1. The molecule has 0 spiro atoms. The summed E-state index contributed by atoms with van der Waals surface area (Å²) in [5.41, 5.74) is 0.601. The number of aliphatic hydroxyl groups is 1. The maximum Gasteiger partial charge on any atom is 0.339 e. The molecule has 1 aromatic rings. The van der Waals surface area contributed by atoms with Crippen LogP contribution in [0, 0.1) is 16.6 Å². The van der Waals surface area contributed by atoms with Crippen molar-refractivity contribution in [1.82, 2.24) is 4.90 Å². The quantitative estimate of drug-likeness (QED) is 0.202. The minimum atomic E-state index is -0.855. The van der Waals surface area contributed by atoms with Gasteiger partial charge in [0, 0.05) is 21.8 Å². The first-order valence-electron chi connectivity index (χ1n) is 12.8. The Bertz CT molecular complexity index is 959. The molecule has 208 valence electrons. The first-order valence-corrected chi connectivity index (χ1v) is 16.0. The average molecular weight is 853 g/mol. The van der Waals surface area contributed by atoms with Gasteiger partial charge in [0.2, 0.25) is 0 Å². The Morgan fingerprint density at radius 2 is 1.59 bits per heavy atom. The van der Waals surface area contributed by atoms with E-state index in [2.05, 4.69) is 107 Å². The van der Waals surface area contributed by atoms with E-state index in [1.807, 2.05) is 12.1 Å². The molecule has 2 fully saturated rings. The summed E-state index contributed by atoms with van der Waals surface area (Å²) in [5.74, 6) is -0.851. The predicted molar refractivity (Wildman–Crippen MR) is 168 cm³/mol. The molecule has 1 atom stereocenters. The molecule has 1 saturated heterocycles. The van der Waals surface area contributed by atoms with Crippen LogP contribution in [0.5, 0.6) is 0 Å². The topological polar surface area (TPSA) is 85.3 Å². The molecule has 1 saturated carbocycles. The van der Waals surface area contributed by atoms with E-state index < -0.39 is 6.10 Å². The van der Waals surface area contributed by atoms with E-state index in [-0.39, 0.29) is 54.4 Å². The lowest BCUT2D eigenvalue weighted by molar-refractivity contribution is -0.156. The minimum absolute atomic E-state index is 0.00771. The monoisotopic (exact) mass is 853 g/mol. The Morgan fingerprint density at radius 1 is 1.00 bits per heavy atom. The minimum Gasteiger partial charge on any atom is -0.463 e. The highest BCUT2D eigenvalue weighted by Gasteiger charge is 2.43. The second-order valence-electron chi connectivity index (χ2n) is 11.5. The van der Waals surface area contributed by atoms with Crippen LogP contribution < -0.4 is 0 Å². The fraction of sp³-hybridized carbons (Fsp3) is 0.704. The van der Waals surface area contributed by atoms with Crippen LogP contribution in [0.2, 0.25) is 0 Å². The lowest BCUT2D eigenvalue weighted by Gasteiger charge is -2.53. The van der Waals surface area contributed by atoms with Crippen molar-refractivity contribution in [2.24, 2.45) is 5.92 Å². The zero-order valence-electron chi connectivity index (χ0n) is 22.2. The predicted octanol–water partition coefficient (Wildman–Crippen LogP) is 5.79. The molecule has 10 heteroatoms. The number of carbonyl (C=O) groups is 2. The molecule has 2 aliphatic rings. The van der Waals surface area contributed by atoms with E-state index in [1.165, 1.54) is 0 Å². The van der Waals surface area contributed by atoms with E-state index in [4.69, 9.17) is 14.2 Å². The van der Waals surface area contributed by atoms with Gasteiger partial charge in [-0.25, -0.2) is 4.79 Å². The van der Waals surface area contributed by atoms with Crippen LogP contribution in [-0.4, -0.2) is 71.6 Å². The molecule has 1 aromatic carbocycles. The number of esters is 2.